The van der Waals surface area contributed by atoms with Crippen LogP contribution in [0.15, 0.2) is 18.2 Å². The van der Waals surface area contributed by atoms with Gasteiger partial charge in [0.15, 0.2) is 11.5 Å². The molecule has 6 heteroatoms. The molecule has 2 N–H and O–H groups in total. The van der Waals surface area contributed by atoms with Crippen molar-refractivity contribution < 1.29 is 24.2 Å². The summed E-state index contributed by atoms with van der Waals surface area (Å²) in [6, 6.07) is 4.48. The van der Waals surface area contributed by atoms with E-state index in [1.807, 2.05) is 20.8 Å². The number of carboxylic acids is 1. The van der Waals surface area contributed by atoms with Gasteiger partial charge < -0.3 is 19.9 Å². The number of benzene rings is 1. The number of aliphatic carboxylic acids is 1. The van der Waals surface area contributed by atoms with Gasteiger partial charge in [0.25, 0.3) is 0 Å². The number of amides is 1. The fourth-order valence-electron chi connectivity index (χ4n) is 2.22. The lowest BCUT2D eigenvalue weighted by Crippen LogP contribution is -2.32. The molecule has 0 aliphatic rings. The second kappa shape index (κ2) is 7.85. The Kier molecular flexibility index (Phi) is 6.42. The van der Waals surface area contributed by atoms with E-state index >= 15 is 0 Å². The van der Waals surface area contributed by atoms with Gasteiger partial charge in [-0.2, -0.15) is 0 Å². The van der Waals surface area contributed by atoms with E-state index in [0.717, 1.165) is 0 Å². The van der Waals surface area contributed by atoms with Crippen molar-refractivity contribution in [2.45, 2.75) is 39.7 Å². The molecular weight excluding hydrogens is 298 g/mol. The molecule has 23 heavy (non-hydrogen) atoms. The standard InChI is InChI=1S/C17H25NO5/c1-17(2,3)10-15(19)18-12(9-16(20)21)11-6-7-13(22-4)14(8-11)23-5/h6-8,12H,9-10H2,1-5H3,(H,18,19)(H,20,21). The van der Waals surface area contributed by atoms with E-state index in [2.05, 4.69) is 5.32 Å². The van der Waals surface area contributed by atoms with Crippen molar-refractivity contribution in [1.29, 1.82) is 0 Å². The van der Waals surface area contributed by atoms with E-state index in [0.29, 0.717) is 23.5 Å². The maximum atomic E-state index is 12.1. The quantitative estimate of drug-likeness (QED) is 0.806. The summed E-state index contributed by atoms with van der Waals surface area (Å²) < 4.78 is 10.4. The summed E-state index contributed by atoms with van der Waals surface area (Å²) in [5, 5.41) is 11.9. The second-order valence-corrected chi connectivity index (χ2v) is 6.57. The first kappa shape index (κ1) is 18.8. The molecule has 1 amide bonds. The van der Waals surface area contributed by atoms with Crippen molar-refractivity contribution in [3.05, 3.63) is 23.8 Å². The Bertz CT molecular complexity index is 563. The molecule has 1 rings (SSSR count). The number of methoxy groups -OCH3 is 2. The number of rotatable bonds is 7. The summed E-state index contributed by atoms with van der Waals surface area (Å²) >= 11 is 0. The van der Waals surface area contributed by atoms with Crippen molar-refractivity contribution >= 4 is 11.9 Å². The van der Waals surface area contributed by atoms with Gasteiger partial charge in [-0.3, -0.25) is 9.59 Å². The molecule has 0 aliphatic heterocycles. The lowest BCUT2D eigenvalue weighted by atomic mass is 9.91. The molecule has 6 nitrogen and oxygen atoms in total. The highest BCUT2D eigenvalue weighted by molar-refractivity contribution is 5.78. The zero-order valence-electron chi connectivity index (χ0n) is 14.3. The van der Waals surface area contributed by atoms with Crippen LogP contribution in [0.1, 0.15) is 45.2 Å². The first-order valence-electron chi connectivity index (χ1n) is 7.39. The minimum absolute atomic E-state index is 0.171. The molecule has 1 atom stereocenters. The SMILES string of the molecule is COc1ccc(C(CC(=O)O)NC(=O)CC(C)(C)C)cc1OC. The number of carbonyl (C=O) groups is 2. The predicted octanol–water partition coefficient (Wildman–Crippen LogP) is 2.77. The van der Waals surface area contributed by atoms with E-state index in [1.165, 1.54) is 14.2 Å². The first-order chi connectivity index (χ1) is 10.7. The average molecular weight is 323 g/mol. The fourth-order valence-corrected chi connectivity index (χ4v) is 2.22. The highest BCUT2D eigenvalue weighted by Gasteiger charge is 2.22. The Morgan fingerprint density at radius 2 is 1.78 bits per heavy atom. The van der Waals surface area contributed by atoms with Gasteiger partial charge in [0, 0.05) is 6.42 Å². The highest BCUT2D eigenvalue weighted by Crippen LogP contribution is 2.31. The minimum Gasteiger partial charge on any atom is -0.493 e. The van der Waals surface area contributed by atoms with Gasteiger partial charge in [-0.05, 0) is 23.1 Å². The zero-order chi connectivity index (χ0) is 17.6. The van der Waals surface area contributed by atoms with Crippen LogP contribution in [0.2, 0.25) is 0 Å². The van der Waals surface area contributed by atoms with Gasteiger partial charge >= 0.3 is 5.97 Å². The van der Waals surface area contributed by atoms with Crippen molar-refractivity contribution in [1.82, 2.24) is 5.32 Å². The summed E-state index contributed by atoms with van der Waals surface area (Å²) in [4.78, 5) is 23.3. The van der Waals surface area contributed by atoms with E-state index in [-0.39, 0.29) is 17.7 Å². The van der Waals surface area contributed by atoms with Crippen LogP contribution in [0.25, 0.3) is 0 Å². The molecule has 0 radical (unpaired) electrons. The molecule has 1 aromatic carbocycles. The summed E-state index contributed by atoms with van der Waals surface area (Å²) in [7, 11) is 3.03. The molecular formula is C17H25NO5. The number of hydrogen-bond donors (Lipinski definition) is 2. The third-order valence-corrected chi connectivity index (χ3v) is 3.21. The lowest BCUT2D eigenvalue weighted by Gasteiger charge is -2.22. The maximum absolute atomic E-state index is 12.1. The summed E-state index contributed by atoms with van der Waals surface area (Å²) in [6.45, 7) is 5.86. The van der Waals surface area contributed by atoms with E-state index in [4.69, 9.17) is 14.6 Å². The number of carboxylic acid groups (broad SMARTS) is 1. The number of nitrogens with one attached hydrogen (secondary N) is 1. The number of carbonyl (C=O) groups excluding carboxylic acids is 1. The molecule has 128 valence electrons. The molecule has 0 spiro atoms. The predicted molar refractivity (Wildman–Crippen MR) is 86.8 cm³/mol. The molecule has 0 aromatic heterocycles. The van der Waals surface area contributed by atoms with Crippen LogP contribution < -0.4 is 14.8 Å². The van der Waals surface area contributed by atoms with Crippen LogP contribution in [0.3, 0.4) is 0 Å². The number of ether oxygens (including phenoxy) is 2. The fraction of sp³-hybridized carbons (Fsp3) is 0.529. The van der Waals surface area contributed by atoms with Crippen LogP contribution in [0, 0.1) is 5.41 Å². The van der Waals surface area contributed by atoms with E-state index in [1.54, 1.807) is 18.2 Å². The lowest BCUT2D eigenvalue weighted by molar-refractivity contribution is -0.137. The third kappa shape index (κ3) is 6.18. The molecule has 0 heterocycles. The minimum atomic E-state index is -0.985. The van der Waals surface area contributed by atoms with Gasteiger partial charge in [-0.25, -0.2) is 0 Å². The number of hydrogen-bond acceptors (Lipinski definition) is 4. The van der Waals surface area contributed by atoms with Gasteiger partial charge in [0.2, 0.25) is 5.91 Å². The topological polar surface area (TPSA) is 84.9 Å². The monoisotopic (exact) mass is 323 g/mol. The van der Waals surface area contributed by atoms with Gasteiger partial charge in [-0.15, -0.1) is 0 Å². The van der Waals surface area contributed by atoms with Crippen molar-refractivity contribution in [2.24, 2.45) is 5.41 Å². The Morgan fingerprint density at radius 1 is 1.17 bits per heavy atom. The Labute approximate surface area is 136 Å². The third-order valence-electron chi connectivity index (χ3n) is 3.21. The molecule has 1 aromatic rings. The van der Waals surface area contributed by atoms with Crippen molar-refractivity contribution in [3.63, 3.8) is 0 Å². The highest BCUT2D eigenvalue weighted by atomic mass is 16.5. The van der Waals surface area contributed by atoms with Crippen molar-refractivity contribution in [3.8, 4) is 11.5 Å². The molecule has 1 unspecified atom stereocenters. The van der Waals surface area contributed by atoms with Crippen LogP contribution in [0.5, 0.6) is 11.5 Å². The Morgan fingerprint density at radius 3 is 2.26 bits per heavy atom. The molecule has 0 aliphatic carbocycles. The zero-order valence-corrected chi connectivity index (χ0v) is 14.3. The Balaban J connectivity index is 3.02. The van der Waals surface area contributed by atoms with Gasteiger partial charge in [-0.1, -0.05) is 26.8 Å². The maximum Gasteiger partial charge on any atom is 0.305 e. The average Bonchev–Trinajstić information content (AvgIpc) is 2.43. The van der Waals surface area contributed by atoms with Crippen LogP contribution in [0.4, 0.5) is 0 Å². The smallest absolute Gasteiger partial charge is 0.305 e. The second-order valence-electron chi connectivity index (χ2n) is 6.57. The molecule has 0 saturated heterocycles. The van der Waals surface area contributed by atoms with E-state index < -0.39 is 12.0 Å². The Hall–Kier alpha value is -2.24. The summed E-state index contributed by atoms with van der Waals surface area (Å²) in [5.41, 5.74) is 0.488. The summed E-state index contributed by atoms with van der Waals surface area (Å²) in [5.74, 6) is -0.129. The molecule has 0 saturated carbocycles. The van der Waals surface area contributed by atoms with Crippen LogP contribution in [-0.2, 0) is 9.59 Å². The summed E-state index contributed by atoms with van der Waals surface area (Å²) in [6.07, 6.45) is 0.113. The van der Waals surface area contributed by atoms with Gasteiger partial charge in [0.05, 0.1) is 26.7 Å². The van der Waals surface area contributed by atoms with Gasteiger partial charge in [0.1, 0.15) is 0 Å². The van der Waals surface area contributed by atoms with Crippen LogP contribution >= 0.6 is 0 Å². The van der Waals surface area contributed by atoms with Crippen LogP contribution in [-0.4, -0.2) is 31.2 Å². The largest absolute Gasteiger partial charge is 0.493 e. The normalized spacial score (nSPS) is 12.4. The molecule has 0 fully saturated rings. The van der Waals surface area contributed by atoms with Crippen molar-refractivity contribution in [2.75, 3.05) is 14.2 Å². The first-order valence-corrected chi connectivity index (χ1v) is 7.39. The van der Waals surface area contributed by atoms with E-state index in [9.17, 15) is 9.59 Å². The molecule has 0 bridgehead atoms.